The topological polar surface area (TPSA) is 94.7 Å². The molecule has 1 aromatic carbocycles. The van der Waals surface area contributed by atoms with E-state index in [1.54, 1.807) is 10.6 Å². The lowest BCUT2D eigenvalue weighted by Crippen LogP contribution is -3.14. The molecule has 3 heterocycles. The molecule has 1 fully saturated rings. The standard InChI is InChI=1S/C23H24ClFN4O3/c1-14-12-18-21(23(30)29(14)7-3-6-28-8-10-31-11-9-28)19(15(13-26)22(27)32-18)20-16(24)4-2-5-17(20)25/h2,4-5,12,19H,3,6-11,27H2,1H3/p+1/t19-/m0/s1. The Morgan fingerprint density at radius 3 is 2.78 bits per heavy atom. The molecule has 1 atom stereocenters. The van der Waals surface area contributed by atoms with Gasteiger partial charge < -0.3 is 24.7 Å². The van der Waals surface area contributed by atoms with E-state index < -0.39 is 11.7 Å². The van der Waals surface area contributed by atoms with Crippen LogP contribution in [0.25, 0.3) is 0 Å². The number of hydrogen-bond donors (Lipinski definition) is 2. The van der Waals surface area contributed by atoms with Crippen LogP contribution in [-0.4, -0.2) is 37.4 Å². The molecule has 2 aliphatic rings. The first-order valence-electron chi connectivity index (χ1n) is 10.6. The summed E-state index contributed by atoms with van der Waals surface area (Å²) in [7, 11) is 0. The Morgan fingerprint density at radius 1 is 1.34 bits per heavy atom. The normalized spacial score (nSPS) is 18.8. The van der Waals surface area contributed by atoms with Gasteiger partial charge in [-0.15, -0.1) is 0 Å². The van der Waals surface area contributed by atoms with E-state index in [4.69, 9.17) is 26.8 Å². The molecule has 2 aliphatic heterocycles. The number of allylic oxidation sites excluding steroid dienone is 1. The molecule has 1 saturated heterocycles. The molecular weight excluding hydrogens is 435 g/mol. The Bertz CT molecular complexity index is 1140. The van der Waals surface area contributed by atoms with Gasteiger partial charge in [0.2, 0.25) is 5.88 Å². The molecular formula is C23H25ClFN4O3+. The number of nitriles is 1. The molecule has 1 aromatic heterocycles. The molecule has 7 nitrogen and oxygen atoms in total. The van der Waals surface area contributed by atoms with Crippen molar-refractivity contribution in [2.75, 3.05) is 32.8 Å². The number of aryl methyl sites for hydroxylation is 1. The van der Waals surface area contributed by atoms with Crippen molar-refractivity contribution >= 4 is 11.6 Å². The fourth-order valence-corrected chi connectivity index (χ4v) is 4.71. The van der Waals surface area contributed by atoms with Gasteiger partial charge in [0.15, 0.2) is 0 Å². The van der Waals surface area contributed by atoms with Crippen LogP contribution in [0.4, 0.5) is 4.39 Å². The summed E-state index contributed by atoms with van der Waals surface area (Å²) >= 11 is 6.32. The van der Waals surface area contributed by atoms with Gasteiger partial charge in [0.05, 0.1) is 31.2 Å². The lowest BCUT2D eigenvalue weighted by atomic mass is 9.83. The summed E-state index contributed by atoms with van der Waals surface area (Å²) in [6.07, 6.45) is 0.796. The monoisotopic (exact) mass is 459 g/mol. The predicted molar refractivity (Wildman–Crippen MR) is 117 cm³/mol. The summed E-state index contributed by atoms with van der Waals surface area (Å²) in [5, 5.41) is 9.86. The lowest BCUT2D eigenvalue weighted by Gasteiger charge is -2.28. The minimum Gasteiger partial charge on any atom is -0.440 e. The minimum absolute atomic E-state index is 0.0326. The Labute approximate surface area is 190 Å². The number of pyridine rings is 1. The van der Waals surface area contributed by atoms with Crippen LogP contribution >= 0.6 is 11.6 Å². The summed E-state index contributed by atoms with van der Waals surface area (Å²) < 4.78 is 27.5. The molecule has 32 heavy (non-hydrogen) atoms. The number of rotatable bonds is 5. The third kappa shape index (κ3) is 4.11. The quantitative estimate of drug-likeness (QED) is 0.706. The molecule has 0 spiro atoms. The number of quaternary nitrogens is 1. The Balaban J connectivity index is 1.75. The van der Waals surface area contributed by atoms with Gasteiger partial charge in [-0.3, -0.25) is 4.79 Å². The number of morpholine rings is 1. The number of nitrogens with zero attached hydrogens (tertiary/aromatic N) is 2. The second-order valence-electron chi connectivity index (χ2n) is 8.05. The molecule has 9 heteroatoms. The highest BCUT2D eigenvalue weighted by molar-refractivity contribution is 6.31. The summed E-state index contributed by atoms with van der Waals surface area (Å²) in [5.74, 6) is -1.58. The summed E-state index contributed by atoms with van der Waals surface area (Å²) in [6, 6.07) is 7.94. The number of halogens is 2. The number of nitrogens with one attached hydrogen (secondary N) is 1. The maximum atomic E-state index is 14.9. The van der Waals surface area contributed by atoms with Crippen LogP contribution in [0.3, 0.4) is 0 Å². The highest BCUT2D eigenvalue weighted by Gasteiger charge is 2.37. The third-order valence-electron chi connectivity index (χ3n) is 6.09. The number of ether oxygens (including phenoxy) is 2. The number of aromatic nitrogens is 1. The van der Waals surface area contributed by atoms with Crippen LogP contribution in [-0.2, 0) is 11.3 Å². The molecule has 2 aromatic rings. The molecule has 4 rings (SSSR count). The van der Waals surface area contributed by atoms with E-state index in [0.717, 1.165) is 39.3 Å². The van der Waals surface area contributed by atoms with Crippen molar-refractivity contribution in [3.8, 4) is 11.8 Å². The van der Waals surface area contributed by atoms with Crippen LogP contribution in [0.15, 0.2) is 40.5 Å². The average molecular weight is 460 g/mol. The lowest BCUT2D eigenvalue weighted by molar-refractivity contribution is -0.908. The summed E-state index contributed by atoms with van der Waals surface area (Å²) in [4.78, 5) is 15.1. The summed E-state index contributed by atoms with van der Waals surface area (Å²) in [5.41, 5.74) is 6.54. The number of hydrogen-bond acceptors (Lipinski definition) is 5. The van der Waals surface area contributed by atoms with Gasteiger partial charge in [-0.2, -0.15) is 5.26 Å². The maximum absolute atomic E-state index is 14.9. The van der Waals surface area contributed by atoms with Gasteiger partial charge in [-0.05, 0) is 19.1 Å². The van der Waals surface area contributed by atoms with Crippen molar-refractivity contribution in [1.29, 1.82) is 5.26 Å². The predicted octanol–water partition coefficient (Wildman–Crippen LogP) is 1.47. The van der Waals surface area contributed by atoms with E-state index in [-0.39, 0.29) is 38.9 Å². The van der Waals surface area contributed by atoms with Crippen molar-refractivity contribution in [2.24, 2.45) is 5.73 Å². The molecule has 0 aliphatic carbocycles. The van der Waals surface area contributed by atoms with Crippen LogP contribution in [0.5, 0.6) is 5.75 Å². The zero-order chi connectivity index (χ0) is 22.8. The Morgan fingerprint density at radius 2 is 2.09 bits per heavy atom. The zero-order valence-electron chi connectivity index (χ0n) is 17.8. The zero-order valence-corrected chi connectivity index (χ0v) is 18.5. The van der Waals surface area contributed by atoms with Gasteiger partial charge in [0.1, 0.15) is 36.3 Å². The SMILES string of the molecule is Cc1cc2c(c(=O)n1CCC[NH+]1CCOCC1)[C@H](c1c(F)cccc1Cl)C(C#N)=C(N)O2. The third-order valence-corrected chi connectivity index (χ3v) is 6.42. The second kappa shape index (κ2) is 9.33. The van der Waals surface area contributed by atoms with E-state index in [2.05, 4.69) is 0 Å². The minimum atomic E-state index is -1.04. The highest BCUT2D eigenvalue weighted by Crippen LogP contribution is 2.43. The van der Waals surface area contributed by atoms with Gasteiger partial charge in [0.25, 0.3) is 5.56 Å². The number of fused-ring (bicyclic) bond motifs is 1. The first-order valence-corrected chi connectivity index (χ1v) is 11.0. The highest BCUT2D eigenvalue weighted by atomic mass is 35.5. The van der Waals surface area contributed by atoms with E-state index >= 15 is 0 Å². The number of nitrogens with two attached hydrogens (primary N) is 1. The van der Waals surface area contributed by atoms with Crippen molar-refractivity contribution < 1.29 is 18.8 Å². The van der Waals surface area contributed by atoms with Gasteiger partial charge in [0, 0.05) is 35.3 Å². The molecule has 0 unspecified atom stereocenters. The van der Waals surface area contributed by atoms with E-state index in [9.17, 15) is 14.4 Å². The van der Waals surface area contributed by atoms with Crippen LogP contribution in [0, 0.1) is 24.1 Å². The molecule has 168 valence electrons. The molecule has 0 radical (unpaired) electrons. The molecule has 0 amide bonds. The average Bonchev–Trinajstić information content (AvgIpc) is 2.76. The first kappa shape index (κ1) is 22.3. The van der Waals surface area contributed by atoms with E-state index in [0.29, 0.717) is 12.2 Å². The Kier molecular flexibility index (Phi) is 6.51. The molecule has 0 bridgehead atoms. The Hall–Kier alpha value is -2.86. The fourth-order valence-electron chi connectivity index (χ4n) is 4.44. The van der Waals surface area contributed by atoms with Gasteiger partial charge in [-0.25, -0.2) is 4.39 Å². The largest absolute Gasteiger partial charge is 0.440 e. The van der Waals surface area contributed by atoms with E-state index in [1.807, 2.05) is 13.0 Å². The summed E-state index contributed by atoms with van der Waals surface area (Å²) in [6.45, 7) is 6.64. The molecule has 3 N–H and O–H groups in total. The van der Waals surface area contributed by atoms with Crippen molar-refractivity contribution in [2.45, 2.75) is 25.8 Å². The fraction of sp³-hybridized carbons (Fsp3) is 0.391. The van der Waals surface area contributed by atoms with Crippen molar-refractivity contribution in [1.82, 2.24) is 4.57 Å². The maximum Gasteiger partial charge on any atom is 0.258 e. The first-order chi connectivity index (χ1) is 15.4. The second-order valence-corrected chi connectivity index (χ2v) is 8.45. The van der Waals surface area contributed by atoms with Crippen LogP contribution < -0.4 is 20.9 Å². The van der Waals surface area contributed by atoms with Gasteiger partial charge in [-0.1, -0.05) is 17.7 Å². The van der Waals surface area contributed by atoms with Gasteiger partial charge >= 0.3 is 0 Å². The van der Waals surface area contributed by atoms with Crippen molar-refractivity contribution in [3.05, 3.63) is 73.7 Å². The van der Waals surface area contributed by atoms with Crippen LogP contribution in [0.2, 0.25) is 5.02 Å². The van der Waals surface area contributed by atoms with Crippen LogP contribution in [0.1, 0.15) is 29.2 Å². The molecule has 0 saturated carbocycles. The number of benzene rings is 1. The van der Waals surface area contributed by atoms with Crippen molar-refractivity contribution in [3.63, 3.8) is 0 Å². The smallest absolute Gasteiger partial charge is 0.258 e. The van der Waals surface area contributed by atoms with E-state index in [1.165, 1.54) is 23.1 Å².